The van der Waals surface area contributed by atoms with Gasteiger partial charge in [-0.1, -0.05) is 19.6 Å². The summed E-state index contributed by atoms with van der Waals surface area (Å²) >= 11 is 11.8. The lowest BCUT2D eigenvalue weighted by atomic mass is 9.97. The lowest BCUT2D eigenvalue weighted by Gasteiger charge is -2.26. The summed E-state index contributed by atoms with van der Waals surface area (Å²) < 4.78 is 34.5. The van der Waals surface area contributed by atoms with Crippen LogP contribution in [0.5, 0.6) is 6.01 Å². The first-order valence-electron chi connectivity index (χ1n) is 13.3. The number of nitrogens with zero attached hydrogens (tertiary/aromatic N) is 3. The predicted molar refractivity (Wildman–Crippen MR) is 153 cm³/mol. The standard InChI is InChI=1S/C10H13ClN2O5.C10H12N2O5.C3H9ClSi.CH3F/c1-10(11)7(16)5(4-14)18-8(10)13-3-2-6(15)12-9(13)17;1-10-7(15)5(4-13)16-8(10)12-3-2-6(14)11-9(12)17-10;1-5(2,3)4;1-2/h2-3,5,7-8,14,16H,4H2,1H3,(H,12,15,17);2-3,5,7-8,13,15H,4H2,1H3;1-3H3;1H3/t5-,7-,8-,10-;5-,7-,8-,10+;;/m11../s1/i;;;1D. The van der Waals surface area contributed by atoms with Crippen LogP contribution < -0.4 is 21.5 Å². The zero-order valence-electron chi connectivity index (χ0n) is 24.6. The summed E-state index contributed by atoms with van der Waals surface area (Å²) in [6, 6.07) is 2.57. The molecule has 18 heteroatoms. The van der Waals surface area contributed by atoms with Gasteiger partial charge in [-0.15, -0.1) is 11.6 Å². The molecule has 5 rings (SSSR count). The van der Waals surface area contributed by atoms with Crippen molar-refractivity contribution in [3.8, 4) is 6.01 Å². The van der Waals surface area contributed by atoms with Gasteiger partial charge in [0.1, 0.15) is 36.7 Å². The third-order valence-corrected chi connectivity index (χ3v) is 6.69. The Hall–Kier alpha value is -2.15. The number of rotatable bonds is 3. The first-order chi connectivity index (χ1) is 19.8. The maximum atomic E-state index is 11.6. The topological polar surface area (TPSA) is 198 Å². The Balaban J connectivity index is 0.000000241. The Kier molecular flexibility index (Phi) is 11.5. The van der Waals surface area contributed by atoms with Crippen LogP contribution in [0.2, 0.25) is 19.6 Å². The van der Waals surface area contributed by atoms with E-state index in [0.717, 1.165) is 10.6 Å². The highest BCUT2D eigenvalue weighted by atomic mass is 35.6. The lowest BCUT2D eigenvalue weighted by molar-refractivity contribution is -0.0470. The van der Waals surface area contributed by atoms with E-state index in [9.17, 15) is 29.0 Å². The lowest BCUT2D eigenvalue weighted by Crippen LogP contribution is -2.45. The minimum Gasteiger partial charge on any atom is -0.450 e. The van der Waals surface area contributed by atoms with Crippen LogP contribution in [0, 0.1) is 0 Å². The van der Waals surface area contributed by atoms with Gasteiger partial charge in [0.25, 0.3) is 11.1 Å². The van der Waals surface area contributed by atoms with E-state index < -0.39 is 85.3 Å². The Morgan fingerprint density at radius 1 is 1.05 bits per heavy atom. The minimum atomic E-state index is -1.28. The fourth-order valence-corrected chi connectivity index (χ4v) is 4.61. The van der Waals surface area contributed by atoms with Gasteiger partial charge in [-0.3, -0.25) is 28.1 Å². The molecule has 0 spiro atoms. The van der Waals surface area contributed by atoms with Crippen LogP contribution >= 0.6 is 22.7 Å². The number of aliphatic hydroxyl groups excluding tert-OH is 4. The van der Waals surface area contributed by atoms with Gasteiger partial charge in [0, 0.05) is 24.5 Å². The van der Waals surface area contributed by atoms with Gasteiger partial charge in [-0.2, -0.15) is 16.1 Å². The number of aromatic amines is 1. The van der Waals surface area contributed by atoms with E-state index in [1.54, 1.807) is 11.5 Å². The van der Waals surface area contributed by atoms with Gasteiger partial charge in [0.15, 0.2) is 18.1 Å². The highest BCUT2D eigenvalue weighted by molar-refractivity contribution is 7.18. The van der Waals surface area contributed by atoms with Crippen LogP contribution in [0.1, 0.15) is 27.7 Å². The second kappa shape index (κ2) is 14.1. The van der Waals surface area contributed by atoms with Crippen LogP contribution in [0.3, 0.4) is 0 Å². The van der Waals surface area contributed by atoms with Crippen molar-refractivity contribution in [1.82, 2.24) is 19.1 Å². The average molecular weight is 661 g/mol. The number of H-pyrrole nitrogens is 1. The Bertz CT molecular complexity index is 1390. The average Bonchev–Trinajstić information content (AvgIpc) is 3.41. The van der Waals surface area contributed by atoms with Crippen molar-refractivity contribution in [1.29, 1.82) is 0 Å². The van der Waals surface area contributed by atoms with E-state index >= 15 is 0 Å². The number of aliphatic hydroxyl groups is 4. The van der Waals surface area contributed by atoms with E-state index in [2.05, 4.69) is 29.6 Å². The molecule has 5 heterocycles. The summed E-state index contributed by atoms with van der Waals surface area (Å²) in [6.45, 7) is 8.73. The summed E-state index contributed by atoms with van der Waals surface area (Å²) in [6.07, 6.45) is -2.50. The van der Waals surface area contributed by atoms with Gasteiger partial charge in [-0.05, 0) is 13.8 Å². The molecule has 2 aromatic heterocycles. The summed E-state index contributed by atoms with van der Waals surface area (Å²) in [7, 11) is -2.14. The summed E-state index contributed by atoms with van der Waals surface area (Å²) in [5, 5.41) is 38.1. The number of nitrogens with one attached hydrogen (secondary N) is 1. The molecule has 42 heavy (non-hydrogen) atoms. The van der Waals surface area contributed by atoms with Crippen molar-refractivity contribution in [2.24, 2.45) is 0 Å². The fraction of sp³-hybridized carbons (Fsp3) is 0.667. The summed E-state index contributed by atoms with van der Waals surface area (Å²) in [5.74, 6) is 0. The molecule has 2 saturated heterocycles. The molecule has 0 amide bonds. The molecule has 2 fully saturated rings. The van der Waals surface area contributed by atoms with Gasteiger partial charge >= 0.3 is 11.7 Å². The third-order valence-electron chi connectivity index (χ3n) is 6.28. The van der Waals surface area contributed by atoms with Crippen molar-refractivity contribution in [2.45, 2.75) is 80.8 Å². The molecule has 8 atom stereocenters. The number of aromatic nitrogens is 4. The molecule has 0 saturated carbocycles. The largest absolute Gasteiger partial charge is 0.450 e. The molecule has 3 aliphatic heterocycles. The van der Waals surface area contributed by atoms with Gasteiger partial charge in [0.05, 0.1) is 21.7 Å². The van der Waals surface area contributed by atoms with E-state index in [4.69, 9.17) is 48.5 Å². The van der Waals surface area contributed by atoms with Crippen molar-refractivity contribution < 1.29 is 40.4 Å². The van der Waals surface area contributed by atoms with Crippen molar-refractivity contribution in [3.05, 3.63) is 55.7 Å². The highest BCUT2D eigenvalue weighted by Crippen LogP contribution is 2.46. The summed E-state index contributed by atoms with van der Waals surface area (Å²) in [5.41, 5.74) is -2.66. The molecule has 0 aromatic carbocycles. The van der Waals surface area contributed by atoms with Crippen LogP contribution in [-0.4, -0.2) is 102 Å². The number of halogens is 3. The van der Waals surface area contributed by atoms with Crippen LogP contribution in [0.15, 0.2) is 38.9 Å². The molecule has 5 N–H and O–H groups in total. The van der Waals surface area contributed by atoms with Crippen LogP contribution in [-0.2, 0) is 9.47 Å². The van der Waals surface area contributed by atoms with Crippen molar-refractivity contribution in [3.63, 3.8) is 0 Å². The maximum absolute atomic E-state index is 11.6. The molecular formula is C24H37Cl2FN4O10Si. The van der Waals surface area contributed by atoms with E-state index in [-0.39, 0.29) is 12.6 Å². The Morgan fingerprint density at radius 3 is 2.05 bits per heavy atom. The minimum absolute atomic E-state index is 0.125. The zero-order chi connectivity index (χ0) is 32.9. The zero-order valence-corrected chi connectivity index (χ0v) is 26.1. The summed E-state index contributed by atoms with van der Waals surface area (Å²) in [4.78, 5) is 38.2. The quantitative estimate of drug-likeness (QED) is 0.170. The van der Waals surface area contributed by atoms with E-state index in [1.165, 1.54) is 25.4 Å². The monoisotopic (exact) mass is 659 g/mol. The number of fused-ring (bicyclic) bond motifs is 3. The fourth-order valence-electron chi connectivity index (χ4n) is 4.31. The molecule has 0 bridgehead atoms. The Morgan fingerprint density at radius 2 is 1.55 bits per heavy atom. The van der Waals surface area contributed by atoms with E-state index in [1.807, 2.05) is 0 Å². The molecule has 0 radical (unpaired) electrons. The Labute approximate surface area is 252 Å². The number of ether oxygens (including phenoxy) is 3. The molecule has 3 aliphatic rings. The van der Waals surface area contributed by atoms with Gasteiger partial charge in [0.2, 0.25) is 0 Å². The van der Waals surface area contributed by atoms with Crippen LogP contribution in [0.4, 0.5) is 4.39 Å². The molecule has 0 aliphatic carbocycles. The van der Waals surface area contributed by atoms with Gasteiger partial charge < -0.3 is 34.6 Å². The molecular weight excluding hydrogens is 622 g/mol. The number of hydrogen-bond acceptors (Lipinski definition) is 11. The first-order valence-corrected chi connectivity index (χ1v) is 17.5. The van der Waals surface area contributed by atoms with Crippen molar-refractivity contribution >= 4 is 30.1 Å². The smallest absolute Gasteiger partial charge is 0.330 e. The highest BCUT2D eigenvalue weighted by Gasteiger charge is 2.60. The van der Waals surface area contributed by atoms with Crippen LogP contribution in [0.25, 0.3) is 0 Å². The molecule has 238 valence electrons. The first kappa shape index (κ1) is 34.3. The SMILES string of the molecule is C[C@@]1(Cl)[C@H](O)[C@@H](CO)O[C@H]1n1ccc(=O)[nH]c1=O.C[C@@]12Oc3nc(=O)ccn3[C@@H]1O[C@H](CO)[C@H]2O.C[Si](C)(C)Cl.[2H]CF. The maximum Gasteiger partial charge on any atom is 0.330 e. The predicted octanol–water partition coefficient (Wildman–Crippen LogP) is 0.0755. The second-order valence-corrected chi connectivity index (χ2v) is 19.1. The number of alkyl halides is 2. The third kappa shape index (κ3) is 7.86. The number of hydrogen-bond donors (Lipinski definition) is 5. The van der Waals surface area contributed by atoms with Crippen molar-refractivity contribution in [2.75, 3.05) is 20.4 Å². The molecule has 2 aromatic rings. The van der Waals surface area contributed by atoms with E-state index in [0.29, 0.717) is 0 Å². The second-order valence-electron chi connectivity index (χ2n) is 10.8. The molecule has 0 unspecified atom stereocenters. The molecule has 14 nitrogen and oxygen atoms in total. The normalized spacial score (nSPS) is 32.9. The van der Waals surface area contributed by atoms with Gasteiger partial charge in [-0.25, -0.2) is 4.79 Å².